The van der Waals surface area contributed by atoms with Gasteiger partial charge in [0, 0.05) is 6.61 Å². The zero-order valence-electron chi connectivity index (χ0n) is 11.6. The molecule has 102 valence electrons. The van der Waals surface area contributed by atoms with Crippen LogP contribution >= 0.6 is 0 Å². The molecule has 0 amide bonds. The average molecular weight is 258 g/mol. The van der Waals surface area contributed by atoms with Crippen LogP contribution in [-0.2, 0) is 4.74 Å². The molecule has 3 N–H and O–H groups in total. The van der Waals surface area contributed by atoms with Crippen molar-refractivity contribution in [2.75, 3.05) is 6.61 Å². The summed E-state index contributed by atoms with van der Waals surface area (Å²) in [5.74, 6) is 5.77. The summed E-state index contributed by atoms with van der Waals surface area (Å²) in [6.45, 7) is 4.83. The predicted octanol–water partition coefficient (Wildman–Crippen LogP) is 3.16. The lowest BCUT2D eigenvalue weighted by Gasteiger charge is -2.27. The highest BCUT2D eigenvalue weighted by Crippen LogP contribution is 2.28. The molecule has 3 heteroatoms. The van der Waals surface area contributed by atoms with E-state index in [2.05, 4.69) is 54.8 Å². The van der Waals surface area contributed by atoms with E-state index in [-0.39, 0.29) is 12.1 Å². The number of hydrazine groups is 1. The third-order valence-electron chi connectivity index (χ3n) is 3.49. The van der Waals surface area contributed by atoms with Gasteiger partial charge in [0.2, 0.25) is 0 Å². The van der Waals surface area contributed by atoms with Gasteiger partial charge < -0.3 is 4.74 Å². The van der Waals surface area contributed by atoms with Crippen LogP contribution in [0.3, 0.4) is 0 Å². The maximum absolute atomic E-state index is 5.80. The molecule has 0 saturated heterocycles. The number of nitrogens with one attached hydrogen (secondary N) is 1. The lowest BCUT2D eigenvalue weighted by Crippen LogP contribution is -2.38. The van der Waals surface area contributed by atoms with Crippen LogP contribution in [-0.4, -0.2) is 12.7 Å². The average Bonchev–Trinajstić information content (AvgIpc) is 2.47. The van der Waals surface area contributed by atoms with Crippen LogP contribution in [0.5, 0.6) is 0 Å². The zero-order valence-corrected chi connectivity index (χ0v) is 11.6. The molecule has 3 nitrogen and oxygen atoms in total. The molecule has 2 aromatic rings. The largest absolute Gasteiger partial charge is 0.376 e. The highest BCUT2D eigenvalue weighted by atomic mass is 16.5. The van der Waals surface area contributed by atoms with Gasteiger partial charge in [0.15, 0.2) is 0 Å². The number of benzene rings is 2. The third kappa shape index (κ3) is 2.95. The van der Waals surface area contributed by atoms with E-state index in [1.807, 2.05) is 6.92 Å². The maximum Gasteiger partial charge on any atom is 0.0780 e. The van der Waals surface area contributed by atoms with E-state index in [0.29, 0.717) is 6.61 Å². The van der Waals surface area contributed by atoms with E-state index < -0.39 is 0 Å². The Morgan fingerprint density at radius 2 is 1.84 bits per heavy atom. The molecular formula is C16H22N2O. The summed E-state index contributed by atoms with van der Waals surface area (Å²) in [5, 5.41) is 2.46. The highest BCUT2D eigenvalue weighted by molar-refractivity contribution is 5.86. The molecule has 0 aliphatic heterocycles. The van der Waals surface area contributed by atoms with Gasteiger partial charge >= 0.3 is 0 Å². The predicted molar refractivity (Wildman–Crippen MR) is 79.7 cm³/mol. The lowest BCUT2D eigenvalue weighted by atomic mass is 9.94. The number of rotatable bonds is 6. The van der Waals surface area contributed by atoms with Gasteiger partial charge in [0.1, 0.15) is 0 Å². The maximum atomic E-state index is 5.80. The zero-order chi connectivity index (χ0) is 13.7. The monoisotopic (exact) mass is 258 g/mol. The minimum atomic E-state index is 0.0102. The van der Waals surface area contributed by atoms with Crippen LogP contribution in [0.2, 0.25) is 0 Å². The SMILES string of the molecule is CCOC(CC)C(NN)c1cccc2ccccc12. The Balaban J connectivity index is 2.45. The van der Waals surface area contributed by atoms with E-state index in [1.165, 1.54) is 16.3 Å². The van der Waals surface area contributed by atoms with Crippen molar-refractivity contribution in [2.45, 2.75) is 32.4 Å². The van der Waals surface area contributed by atoms with Gasteiger partial charge in [-0.3, -0.25) is 11.3 Å². The second kappa shape index (κ2) is 6.66. The fourth-order valence-electron chi connectivity index (χ4n) is 2.58. The first-order valence-electron chi connectivity index (χ1n) is 6.87. The normalized spacial score (nSPS) is 14.5. The fourth-order valence-corrected chi connectivity index (χ4v) is 2.58. The van der Waals surface area contributed by atoms with Gasteiger partial charge in [0.25, 0.3) is 0 Å². The minimum absolute atomic E-state index is 0.0102. The van der Waals surface area contributed by atoms with E-state index in [4.69, 9.17) is 10.6 Å². The van der Waals surface area contributed by atoms with Crippen LogP contribution in [0, 0.1) is 0 Å². The van der Waals surface area contributed by atoms with E-state index in [9.17, 15) is 0 Å². The summed E-state index contributed by atoms with van der Waals surface area (Å²) in [6.07, 6.45) is 1.01. The number of fused-ring (bicyclic) bond motifs is 1. The Bertz CT molecular complexity index is 522. The van der Waals surface area contributed by atoms with Crippen molar-refractivity contribution >= 4 is 10.8 Å². The summed E-state index contributed by atoms with van der Waals surface area (Å²) < 4.78 is 5.80. The first-order chi connectivity index (χ1) is 9.31. The highest BCUT2D eigenvalue weighted by Gasteiger charge is 2.22. The Labute approximate surface area is 114 Å². The van der Waals surface area contributed by atoms with Crippen molar-refractivity contribution in [1.29, 1.82) is 0 Å². The Morgan fingerprint density at radius 3 is 2.53 bits per heavy atom. The Morgan fingerprint density at radius 1 is 1.11 bits per heavy atom. The van der Waals surface area contributed by atoms with Crippen LogP contribution in [0.25, 0.3) is 10.8 Å². The third-order valence-corrected chi connectivity index (χ3v) is 3.49. The molecule has 2 unspecified atom stereocenters. The second-order valence-electron chi connectivity index (χ2n) is 4.61. The standard InChI is InChI=1S/C16H22N2O/c1-3-15(19-4-2)16(18-17)14-11-7-9-12-8-5-6-10-13(12)14/h5-11,15-16,18H,3-4,17H2,1-2H3. The molecule has 2 atom stereocenters. The molecule has 0 bridgehead atoms. The number of hydrogen-bond acceptors (Lipinski definition) is 3. The molecule has 19 heavy (non-hydrogen) atoms. The molecule has 2 aromatic carbocycles. The molecule has 0 aliphatic rings. The van der Waals surface area contributed by atoms with E-state index in [0.717, 1.165) is 6.42 Å². The van der Waals surface area contributed by atoms with Crippen molar-refractivity contribution in [3.8, 4) is 0 Å². The molecule has 0 radical (unpaired) electrons. The van der Waals surface area contributed by atoms with Crippen molar-refractivity contribution in [2.24, 2.45) is 5.84 Å². The Kier molecular flexibility index (Phi) is 4.91. The molecule has 0 spiro atoms. The molecule has 0 heterocycles. The molecule has 0 aromatic heterocycles. The minimum Gasteiger partial charge on any atom is -0.376 e. The van der Waals surface area contributed by atoms with E-state index >= 15 is 0 Å². The quantitative estimate of drug-likeness (QED) is 0.618. The van der Waals surface area contributed by atoms with Crippen LogP contribution < -0.4 is 11.3 Å². The summed E-state index contributed by atoms with van der Waals surface area (Å²) in [4.78, 5) is 0. The van der Waals surface area contributed by atoms with Crippen LogP contribution in [0.4, 0.5) is 0 Å². The van der Waals surface area contributed by atoms with Gasteiger partial charge in [0.05, 0.1) is 12.1 Å². The first-order valence-corrected chi connectivity index (χ1v) is 6.87. The van der Waals surface area contributed by atoms with E-state index in [1.54, 1.807) is 0 Å². The van der Waals surface area contributed by atoms with Gasteiger partial charge in [-0.15, -0.1) is 0 Å². The topological polar surface area (TPSA) is 47.3 Å². The summed E-state index contributed by atoms with van der Waals surface area (Å²) in [5.41, 5.74) is 4.12. The Hall–Kier alpha value is -1.42. The number of nitrogens with two attached hydrogens (primary N) is 1. The molecule has 0 saturated carbocycles. The van der Waals surface area contributed by atoms with Gasteiger partial charge in [-0.2, -0.15) is 0 Å². The second-order valence-corrected chi connectivity index (χ2v) is 4.61. The number of ether oxygens (including phenoxy) is 1. The van der Waals surface area contributed by atoms with Crippen molar-refractivity contribution in [3.63, 3.8) is 0 Å². The van der Waals surface area contributed by atoms with Crippen LogP contribution in [0.1, 0.15) is 31.9 Å². The summed E-state index contributed by atoms with van der Waals surface area (Å²) >= 11 is 0. The molecule has 0 aliphatic carbocycles. The first kappa shape index (κ1) is 14.0. The van der Waals surface area contributed by atoms with Gasteiger partial charge in [-0.25, -0.2) is 0 Å². The van der Waals surface area contributed by atoms with Crippen molar-refractivity contribution < 1.29 is 4.74 Å². The molecular weight excluding hydrogens is 236 g/mol. The van der Waals surface area contributed by atoms with Gasteiger partial charge in [-0.1, -0.05) is 49.4 Å². The van der Waals surface area contributed by atoms with Crippen LogP contribution in [0.15, 0.2) is 42.5 Å². The summed E-state index contributed by atoms with van der Waals surface area (Å²) in [6, 6.07) is 14.7. The molecule has 2 rings (SSSR count). The summed E-state index contributed by atoms with van der Waals surface area (Å²) in [7, 11) is 0. The fraction of sp³-hybridized carbons (Fsp3) is 0.375. The number of hydrogen-bond donors (Lipinski definition) is 2. The molecule has 0 fully saturated rings. The van der Waals surface area contributed by atoms with Crippen molar-refractivity contribution in [3.05, 3.63) is 48.0 Å². The lowest BCUT2D eigenvalue weighted by molar-refractivity contribution is 0.0317. The smallest absolute Gasteiger partial charge is 0.0780 e. The van der Waals surface area contributed by atoms with Gasteiger partial charge in [-0.05, 0) is 29.7 Å². The van der Waals surface area contributed by atoms with Crippen molar-refractivity contribution in [1.82, 2.24) is 5.43 Å².